The van der Waals surface area contributed by atoms with E-state index in [-0.39, 0.29) is 5.91 Å². The van der Waals surface area contributed by atoms with Crippen LogP contribution in [0.4, 0.5) is 0 Å². The number of hydrogen-bond donors (Lipinski definition) is 2. The Balaban J connectivity index is 1.63. The van der Waals surface area contributed by atoms with Gasteiger partial charge in [0.1, 0.15) is 5.75 Å². The Bertz CT molecular complexity index is 412. The zero-order chi connectivity index (χ0) is 14.2. The van der Waals surface area contributed by atoms with Crippen molar-refractivity contribution in [2.45, 2.75) is 44.6 Å². The van der Waals surface area contributed by atoms with Crippen LogP contribution in [0.3, 0.4) is 0 Å². The van der Waals surface area contributed by atoms with Gasteiger partial charge < -0.3 is 15.4 Å². The molecule has 4 nitrogen and oxygen atoms in total. The van der Waals surface area contributed by atoms with Gasteiger partial charge in [0.05, 0.1) is 12.0 Å². The van der Waals surface area contributed by atoms with Crippen LogP contribution in [0.15, 0.2) is 11.4 Å². The molecule has 0 radical (unpaired) electrons. The average Bonchev–Trinajstić information content (AvgIpc) is 2.80. The molecule has 1 heterocycles. The molecule has 1 saturated carbocycles. The van der Waals surface area contributed by atoms with E-state index in [1.165, 1.54) is 49.9 Å². The Morgan fingerprint density at radius 3 is 2.70 bits per heavy atom. The van der Waals surface area contributed by atoms with Crippen molar-refractivity contribution in [3.8, 4) is 5.75 Å². The summed E-state index contributed by atoms with van der Waals surface area (Å²) in [7, 11) is 1.61. The van der Waals surface area contributed by atoms with Crippen molar-refractivity contribution in [2.75, 3.05) is 20.2 Å². The molecule has 112 valence electrons. The van der Waals surface area contributed by atoms with Gasteiger partial charge in [-0.1, -0.05) is 25.7 Å². The molecule has 0 aromatic carbocycles. The summed E-state index contributed by atoms with van der Waals surface area (Å²) in [6.07, 6.45) is 7.95. The van der Waals surface area contributed by atoms with Crippen LogP contribution < -0.4 is 15.4 Å². The van der Waals surface area contributed by atoms with Crippen molar-refractivity contribution in [1.29, 1.82) is 0 Å². The highest BCUT2D eigenvalue weighted by atomic mass is 32.1. The summed E-state index contributed by atoms with van der Waals surface area (Å²) in [6, 6.07) is 2.41. The van der Waals surface area contributed by atoms with Crippen LogP contribution in [0, 0.1) is 0 Å². The normalized spacial score (nSPS) is 16.6. The summed E-state index contributed by atoms with van der Waals surface area (Å²) in [5.74, 6) is 0.734. The fourth-order valence-corrected chi connectivity index (χ4v) is 3.34. The highest BCUT2D eigenvalue weighted by molar-refractivity contribution is 7.12. The molecule has 1 aromatic heterocycles. The van der Waals surface area contributed by atoms with Crippen LogP contribution >= 0.6 is 11.3 Å². The standard InChI is InChI=1S/C15H24N2O2S/c1-19-13-10-14(20-11-13)15(18)17-9-8-16-12-6-4-2-3-5-7-12/h10-12,16H,2-9H2,1H3,(H,17,18). The van der Waals surface area contributed by atoms with Gasteiger partial charge in [-0.05, 0) is 12.8 Å². The van der Waals surface area contributed by atoms with Gasteiger partial charge in [0.2, 0.25) is 0 Å². The fraction of sp³-hybridized carbons (Fsp3) is 0.667. The van der Waals surface area contributed by atoms with E-state index in [0.29, 0.717) is 17.5 Å². The van der Waals surface area contributed by atoms with Crippen LogP contribution in [-0.4, -0.2) is 32.1 Å². The smallest absolute Gasteiger partial charge is 0.261 e. The van der Waals surface area contributed by atoms with Crippen LogP contribution in [0.25, 0.3) is 0 Å². The first kappa shape index (κ1) is 15.3. The molecule has 0 atom stereocenters. The molecule has 20 heavy (non-hydrogen) atoms. The second-order valence-electron chi connectivity index (χ2n) is 5.25. The van der Waals surface area contributed by atoms with Gasteiger partial charge in [-0.2, -0.15) is 0 Å². The molecule has 1 fully saturated rings. The summed E-state index contributed by atoms with van der Waals surface area (Å²) in [4.78, 5) is 12.6. The maximum Gasteiger partial charge on any atom is 0.261 e. The Morgan fingerprint density at radius 2 is 2.05 bits per heavy atom. The molecule has 1 amide bonds. The average molecular weight is 296 g/mol. The Labute approximate surface area is 124 Å². The summed E-state index contributed by atoms with van der Waals surface area (Å²) in [5.41, 5.74) is 0. The largest absolute Gasteiger partial charge is 0.496 e. The van der Waals surface area contributed by atoms with E-state index < -0.39 is 0 Å². The van der Waals surface area contributed by atoms with Gasteiger partial charge in [0.25, 0.3) is 5.91 Å². The Hall–Kier alpha value is -1.07. The van der Waals surface area contributed by atoms with Gasteiger partial charge in [0, 0.05) is 30.6 Å². The number of rotatable bonds is 6. The lowest BCUT2D eigenvalue weighted by atomic mass is 10.1. The van der Waals surface area contributed by atoms with Gasteiger partial charge in [-0.3, -0.25) is 4.79 Å². The zero-order valence-corrected chi connectivity index (χ0v) is 12.9. The molecule has 0 unspecified atom stereocenters. The van der Waals surface area contributed by atoms with Crippen LogP contribution in [0.5, 0.6) is 5.75 Å². The molecular weight excluding hydrogens is 272 g/mol. The Morgan fingerprint density at radius 1 is 1.30 bits per heavy atom. The lowest BCUT2D eigenvalue weighted by Gasteiger charge is -2.16. The molecule has 1 aromatic rings. The van der Waals surface area contributed by atoms with E-state index in [1.54, 1.807) is 13.2 Å². The minimum absolute atomic E-state index is 0.0130. The number of methoxy groups -OCH3 is 1. The quantitative estimate of drug-likeness (QED) is 0.627. The number of carbonyl (C=O) groups excluding carboxylic acids is 1. The summed E-state index contributed by atoms with van der Waals surface area (Å²) < 4.78 is 5.08. The second-order valence-corrected chi connectivity index (χ2v) is 6.16. The van der Waals surface area contributed by atoms with Crippen molar-refractivity contribution in [2.24, 2.45) is 0 Å². The van der Waals surface area contributed by atoms with E-state index in [2.05, 4.69) is 10.6 Å². The van der Waals surface area contributed by atoms with Crippen molar-refractivity contribution >= 4 is 17.2 Å². The molecule has 0 bridgehead atoms. The number of ether oxygens (including phenoxy) is 1. The second kappa shape index (κ2) is 8.27. The van der Waals surface area contributed by atoms with Crippen LogP contribution in [0.2, 0.25) is 0 Å². The van der Waals surface area contributed by atoms with Crippen LogP contribution in [0.1, 0.15) is 48.2 Å². The third-order valence-corrected chi connectivity index (χ3v) is 4.64. The number of carbonyl (C=O) groups is 1. The van der Waals surface area contributed by atoms with Gasteiger partial charge in [-0.15, -0.1) is 11.3 Å². The minimum Gasteiger partial charge on any atom is -0.496 e. The molecule has 1 aliphatic carbocycles. The molecule has 2 N–H and O–H groups in total. The summed E-state index contributed by atoms with van der Waals surface area (Å²) in [6.45, 7) is 1.52. The molecule has 5 heteroatoms. The number of hydrogen-bond acceptors (Lipinski definition) is 4. The molecular formula is C15H24N2O2S. The maximum atomic E-state index is 11.9. The first-order chi connectivity index (χ1) is 9.79. The van der Waals surface area contributed by atoms with E-state index in [4.69, 9.17) is 4.74 Å². The highest BCUT2D eigenvalue weighted by Crippen LogP contribution is 2.20. The van der Waals surface area contributed by atoms with Crippen molar-refractivity contribution in [3.63, 3.8) is 0 Å². The van der Waals surface area contributed by atoms with Crippen molar-refractivity contribution < 1.29 is 9.53 Å². The topological polar surface area (TPSA) is 50.4 Å². The zero-order valence-electron chi connectivity index (χ0n) is 12.1. The van der Waals surface area contributed by atoms with Gasteiger partial charge in [-0.25, -0.2) is 0 Å². The first-order valence-corrected chi connectivity index (χ1v) is 8.31. The first-order valence-electron chi connectivity index (χ1n) is 7.43. The Kier molecular flexibility index (Phi) is 6.33. The molecule has 0 spiro atoms. The molecule has 1 aliphatic rings. The maximum absolute atomic E-state index is 11.9. The molecule has 0 aliphatic heterocycles. The van der Waals surface area contributed by atoms with E-state index in [0.717, 1.165) is 12.3 Å². The van der Waals surface area contributed by atoms with Gasteiger partial charge >= 0.3 is 0 Å². The lowest BCUT2D eigenvalue weighted by Crippen LogP contribution is -2.36. The lowest BCUT2D eigenvalue weighted by molar-refractivity contribution is 0.0957. The third-order valence-electron chi connectivity index (χ3n) is 3.73. The van der Waals surface area contributed by atoms with Gasteiger partial charge in [0.15, 0.2) is 0 Å². The molecule has 2 rings (SSSR count). The number of amides is 1. The van der Waals surface area contributed by atoms with Crippen molar-refractivity contribution in [3.05, 3.63) is 16.3 Å². The van der Waals surface area contributed by atoms with E-state index >= 15 is 0 Å². The van der Waals surface area contributed by atoms with Crippen LogP contribution in [-0.2, 0) is 0 Å². The third kappa shape index (κ3) is 4.80. The number of thiophene rings is 1. The SMILES string of the molecule is COc1csc(C(=O)NCCNC2CCCCCC2)c1. The van der Waals surface area contributed by atoms with E-state index in [9.17, 15) is 4.79 Å². The predicted octanol–water partition coefficient (Wildman–Crippen LogP) is 2.80. The molecule has 0 saturated heterocycles. The summed E-state index contributed by atoms with van der Waals surface area (Å²) >= 11 is 1.41. The predicted molar refractivity (Wildman–Crippen MR) is 82.7 cm³/mol. The van der Waals surface area contributed by atoms with E-state index in [1.807, 2.05) is 5.38 Å². The minimum atomic E-state index is -0.0130. The fourth-order valence-electron chi connectivity index (χ4n) is 2.57. The number of nitrogens with one attached hydrogen (secondary N) is 2. The monoisotopic (exact) mass is 296 g/mol. The summed E-state index contributed by atoms with van der Waals surface area (Å²) in [5, 5.41) is 8.34. The highest BCUT2D eigenvalue weighted by Gasteiger charge is 2.12. The van der Waals surface area contributed by atoms with Crippen molar-refractivity contribution in [1.82, 2.24) is 10.6 Å².